The van der Waals surface area contributed by atoms with Crippen LogP contribution < -0.4 is 0 Å². The largest absolute Gasteiger partial charge is 0.462 e. The van der Waals surface area contributed by atoms with Gasteiger partial charge in [-0.1, -0.05) is 189 Å². The van der Waals surface area contributed by atoms with E-state index in [0.29, 0.717) is 19.4 Å². The first-order valence-electron chi connectivity index (χ1n) is 25.1. The third-order valence-electron chi connectivity index (χ3n) is 10.4. The highest BCUT2D eigenvalue weighted by Crippen LogP contribution is 2.13. The second-order valence-corrected chi connectivity index (χ2v) is 16.3. The molecule has 0 fully saturated rings. The molecule has 0 rings (SSSR count). The first-order valence-corrected chi connectivity index (χ1v) is 25.1. The minimum absolute atomic E-state index is 0.0642. The van der Waals surface area contributed by atoms with Crippen molar-refractivity contribution in [3.8, 4) is 0 Å². The molecule has 1 atom stereocenters. The molecule has 0 heterocycles. The van der Waals surface area contributed by atoms with Gasteiger partial charge in [-0.25, -0.2) is 0 Å². The second kappa shape index (κ2) is 50.4. The molecule has 0 aromatic carbocycles. The van der Waals surface area contributed by atoms with Crippen LogP contribution in [0, 0.1) is 0 Å². The molecule has 0 aliphatic carbocycles. The lowest BCUT2D eigenvalue weighted by Gasteiger charge is -2.18. The lowest BCUT2D eigenvalue weighted by Crippen LogP contribution is -2.30. The average molecular weight is 835 g/mol. The zero-order chi connectivity index (χ0) is 43.5. The summed E-state index contributed by atoms with van der Waals surface area (Å²) in [6, 6.07) is 0. The zero-order valence-electron chi connectivity index (χ0n) is 39.5. The molecule has 0 bridgehead atoms. The smallest absolute Gasteiger partial charge is 0.306 e. The number of ether oxygens (including phenoxy) is 3. The van der Waals surface area contributed by atoms with Gasteiger partial charge in [0.25, 0.3) is 0 Å². The fourth-order valence-corrected chi connectivity index (χ4v) is 6.71. The van der Waals surface area contributed by atoms with Gasteiger partial charge in [0.05, 0.1) is 6.61 Å². The molecule has 5 nitrogen and oxygen atoms in total. The first-order chi connectivity index (χ1) is 29.6. The van der Waals surface area contributed by atoms with Crippen molar-refractivity contribution >= 4 is 11.9 Å². The predicted molar refractivity (Wildman–Crippen MR) is 260 cm³/mol. The van der Waals surface area contributed by atoms with E-state index >= 15 is 0 Å². The standard InChI is InChI=1S/C55H94O5/c1-4-7-10-13-16-19-22-25-27-28-29-31-33-36-39-42-45-48-54(56)59-52-53(51-58-50-47-44-41-38-35-32-26-23-20-17-14-11-8-5-2)60-55(57)49-46-43-40-37-34-30-24-21-18-15-12-9-6-3/h7-8,10-11,16-17,19-21,24-27,32,53H,4-6,9,12-15,18,22-23,28-31,33-52H2,1-3H3/b10-7-,11-8-,19-16-,20-17-,24-21-,27-25-,32-26-. The molecular formula is C55H94O5. The first kappa shape index (κ1) is 57.1. The van der Waals surface area contributed by atoms with Gasteiger partial charge in [-0.15, -0.1) is 0 Å². The minimum atomic E-state index is -0.559. The van der Waals surface area contributed by atoms with E-state index in [0.717, 1.165) is 109 Å². The van der Waals surface area contributed by atoms with Crippen LogP contribution in [-0.4, -0.2) is 37.9 Å². The van der Waals surface area contributed by atoms with E-state index in [4.69, 9.17) is 14.2 Å². The van der Waals surface area contributed by atoms with E-state index < -0.39 is 6.10 Å². The lowest BCUT2D eigenvalue weighted by atomic mass is 10.1. The van der Waals surface area contributed by atoms with Gasteiger partial charge in [0.15, 0.2) is 6.10 Å². The average Bonchev–Trinajstić information content (AvgIpc) is 3.25. The van der Waals surface area contributed by atoms with E-state index in [1.807, 2.05) is 0 Å². The zero-order valence-corrected chi connectivity index (χ0v) is 39.5. The number of esters is 2. The summed E-state index contributed by atoms with van der Waals surface area (Å²) in [6.45, 7) is 7.52. The Morgan fingerprint density at radius 3 is 1.22 bits per heavy atom. The monoisotopic (exact) mass is 835 g/mol. The van der Waals surface area contributed by atoms with E-state index in [-0.39, 0.29) is 25.2 Å². The summed E-state index contributed by atoms with van der Waals surface area (Å²) >= 11 is 0. The number of allylic oxidation sites excluding steroid dienone is 14. The number of rotatable bonds is 45. The Kier molecular flexibility index (Phi) is 48.0. The fourth-order valence-electron chi connectivity index (χ4n) is 6.71. The maximum atomic E-state index is 12.8. The van der Waals surface area contributed by atoms with Gasteiger partial charge in [-0.05, 0) is 109 Å². The molecule has 0 aromatic rings. The topological polar surface area (TPSA) is 61.8 Å². The van der Waals surface area contributed by atoms with Crippen LogP contribution in [0.1, 0.15) is 226 Å². The SMILES string of the molecule is CC/C=C\C/C=C\C/C=C\CCCCCCCCCC(=O)OCC(COCCCCCC/C=C\C/C=C\C/C=C\CC)OC(=O)CCCCCCC/C=C\CCCCCC. The molecule has 0 saturated carbocycles. The quantitative estimate of drug-likeness (QED) is 0.0347. The van der Waals surface area contributed by atoms with Crippen molar-refractivity contribution in [3.05, 3.63) is 85.1 Å². The van der Waals surface area contributed by atoms with E-state index in [2.05, 4.69) is 106 Å². The van der Waals surface area contributed by atoms with Gasteiger partial charge in [0.2, 0.25) is 0 Å². The summed E-state index contributed by atoms with van der Waals surface area (Å²) in [5.41, 5.74) is 0. The van der Waals surface area contributed by atoms with Crippen LogP contribution in [0.3, 0.4) is 0 Å². The van der Waals surface area contributed by atoms with Crippen LogP contribution in [0.25, 0.3) is 0 Å². The van der Waals surface area contributed by atoms with Gasteiger partial charge >= 0.3 is 11.9 Å². The summed E-state index contributed by atoms with van der Waals surface area (Å²) in [5, 5.41) is 0. The lowest BCUT2D eigenvalue weighted by molar-refractivity contribution is -0.163. The van der Waals surface area contributed by atoms with Crippen LogP contribution in [0.2, 0.25) is 0 Å². The molecule has 0 N–H and O–H groups in total. The minimum Gasteiger partial charge on any atom is -0.462 e. The second-order valence-electron chi connectivity index (χ2n) is 16.3. The van der Waals surface area contributed by atoms with Crippen molar-refractivity contribution in [2.24, 2.45) is 0 Å². The van der Waals surface area contributed by atoms with Crippen LogP contribution in [0.4, 0.5) is 0 Å². The van der Waals surface area contributed by atoms with Gasteiger partial charge in [-0.3, -0.25) is 9.59 Å². The molecule has 60 heavy (non-hydrogen) atoms. The van der Waals surface area contributed by atoms with Gasteiger partial charge < -0.3 is 14.2 Å². The highest BCUT2D eigenvalue weighted by Gasteiger charge is 2.17. The van der Waals surface area contributed by atoms with Crippen molar-refractivity contribution in [1.82, 2.24) is 0 Å². The summed E-state index contributed by atoms with van der Waals surface area (Å²) < 4.78 is 17.3. The Hall–Kier alpha value is -2.92. The summed E-state index contributed by atoms with van der Waals surface area (Å²) in [7, 11) is 0. The Labute approximate surface area is 371 Å². The molecular weight excluding hydrogens is 741 g/mol. The number of hydrogen-bond donors (Lipinski definition) is 0. The number of carbonyl (C=O) groups excluding carboxylic acids is 2. The van der Waals surface area contributed by atoms with Crippen LogP contribution in [0.15, 0.2) is 85.1 Å². The highest BCUT2D eigenvalue weighted by molar-refractivity contribution is 5.70. The molecule has 0 radical (unpaired) electrons. The van der Waals surface area contributed by atoms with E-state index in [9.17, 15) is 9.59 Å². The maximum Gasteiger partial charge on any atom is 0.306 e. The van der Waals surface area contributed by atoms with E-state index in [1.54, 1.807) is 0 Å². The van der Waals surface area contributed by atoms with Gasteiger partial charge in [-0.2, -0.15) is 0 Å². The predicted octanol–water partition coefficient (Wildman–Crippen LogP) is 16.9. The van der Waals surface area contributed by atoms with Crippen molar-refractivity contribution in [2.75, 3.05) is 19.8 Å². The van der Waals surface area contributed by atoms with Crippen molar-refractivity contribution < 1.29 is 23.8 Å². The Bertz CT molecular complexity index is 1130. The molecule has 0 aliphatic heterocycles. The van der Waals surface area contributed by atoms with Crippen molar-refractivity contribution in [3.63, 3.8) is 0 Å². The summed E-state index contributed by atoms with van der Waals surface area (Å²) in [5.74, 6) is -0.433. The third-order valence-corrected chi connectivity index (χ3v) is 10.4. The summed E-state index contributed by atoms with van der Waals surface area (Å²) in [4.78, 5) is 25.4. The molecule has 0 aliphatic rings. The third kappa shape index (κ3) is 47.8. The highest BCUT2D eigenvalue weighted by atomic mass is 16.6. The van der Waals surface area contributed by atoms with Gasteiger partial charge in [0, 0.05) is 19.4 Å². The maximum absolute atomic E-state index is 12.8. The molecule has 0 saturated heterocycles. The fraction of sp³-hybridized carbons (Fsp3) is 0.709. The van der Waals surface area contributed by atoms with E-state index in [1.165, 1.54) is 83.5 Å². The Morgan fingerprint density at radius 2 is 0.750 bits per heavy atom. The van der Waals surface area contributed by atoms with Crippen molar-refractivity contribution in [2.45, 2.75) is 232 Å². The normalized spacial score (nSPS) is 12.9. The molecule has 0 amide bonds. The van der Waals surface area contributed by atoms with Crippen LogP contribution >= 0.6 is 0 Å². The summed E-state index contributed by atoms with van der Waals surface area (Å²) in [6.07, 6.45) is 65.9. The molecule has 344 valence electrons. The van der Waals surface area contributed by atoms with Crippen LogP contribution in [0.5, 0.6) is 0 Å². The van der Waals surface area contributed by atoms with Gasteiger partial charge in [0.1, 0.15) is 6.61 Å². The number of unbranched alkanes of at least 4 members (excludes halogenated alkanes) is 20. The molecule has 1 unspecified atom stereocenters. The molecule has 0 aromatic heterocycles. The Morgan fingerprint density at radius 1 is 0.383 bits per heavy atom. The molecule has 5 heteroatoms. The van der Waals surface area contributed by atoms with Crippen LogP contribution in [-0.2, 0) is 23.8 Å². The molecule has 0 spiro atoms. The Balaban J connectivity index is 4.32. The van der Waals surface area contributed by atoms with Crippen molar-refractivity contribution in [1.29, 1.82) is 0 Å². The number of carbonyl (C=O) groups is 2. The number of hydrogen-bond acceptors (Lipinski definition) is 5.